The molecule has 0 saturated carbocycles. The summed E-state index contributed by atoms with van der Waals surface area (Å²) in [6.07, 6.45) is 4.93. The predicted octanol–water partition coefficient (Wildman–Crippen LogP) is 3.22. The Hall–Kier alpha value is -0.0800. The Bertz CT molecular complexity index is 157. The van der Waals surface area contributed by atoms with Crippen LogP contribution in [0.5, 0.6) is 0 Å². The van der Waals surface area contributed by atoms with Crippen LogP contribution in [-0.4, -0.2) is 25.8 Å². The summed E-state index contributed by atoms with van der Waals surface area (Å²) in [4.78, 5) is 0. The molecule has 0 aliphatic heterocycles. The number of hydrogen-bond acceptors (Lipinski definition) is 2. The number of rotatable bonds is 8. The molecule has 92 valence electrons. The molecule has 0 amide bonds. The molecule has 0 heterocycles. The molecule has 0 spiro atoms. The Morgan fingerprint density at radius 2 is 1.93 bits per heavy atom. The van der Waals surface area contributed by atoms with Crippen molar-refractivity contribution in [2.75, 3.05) is 14.2 Å². The number of nitrogens with one attached hydrogen (secondary N) is 1. The number of methoxy groups -OCH3 is 1. The average molecular weight is 215 g/mol. The lowest BCUT2D eigenvalue weighted by molar-refractivity contribution is 0.00578. The monoisotopic (exact) mass is 215 g/mol. The van der Waals surface area contributed by atoms with Crippen molar-refractivity contribution in [3.05, 3.63) is 0 Å². The van der Waals surface area contributed by atoms with Gasteiger partial charge in [0.15, 0.2) is 0 Å². The van der Waals surface area contributed by atoms with Crippen LogP contribution in [-0.2, 0) is 4.74 Å². The van der Waals surface area contributed by atoms with E-state index in [9.17, 15) is 0 Å². The van der Waals surface area contributed by atoms with E-state index in [-0.39, 0.29) is 5.60 Å². The summed E-state index contributed by atoms with van der Waals surface area (Å²) in [5.74, 6) is 0.806. The lowest BCUT2D eigenvalue weighted by atomic mass is 9.90. The van der Waals surface area contributed by atoms with Gasteiger partial charge >= 0.3 is 0 Å². The first kappa shape index (κ1) is 14.9. The van der Waals surface area contributed by atoms with E-state index in [1.165, 1.54) is 19.3 Å². The van der Waals surface area contributed by atoms with Gasteiger partial charge in [-0.25, -0.2) is 0 Å². The van der Waals surface area contributed by atoms with E-state index < -0.39 is 0 Å². The maximum Gasteiger partial charge on any atom is 0.0637 e. The molecular weight excluding hydrogens is 186 g/mol. The predicted molar refractivity (Wildman–Crippen MR) is 67.2 cm³/mol. The van der Waals surface area contributed by atoms with Crippen molar-refractivity contribution in [3.63, 3.8) is 0 Å². The smallest absolute Gasteiger partial charge is 0.0637 e. The van der Waals surface area contributed by atoms with Gasteiger partial charge in [0, 0.05) is 13.2 Å². The van der Waals surface area contributed by atoms with Crippen LogP contribution in [0, 0.1) is 5.92 Å². The molecule has 0 fully saturated rings. The van der Waals surface area contributed by atoms with E-state index in [1.807, 2.05) is 0 Å². The van der Waals surface area contributed by atoms with Crippen LogP contribution >= 0.6 is 0 Å². The van der Waals surface area contributed by atoms with Crippen molar-refractivity contribution < 1.29 is 4.74 Å². The third-order valence-corrected chi connectivity index (χ3v) is 3.17. The second kappa shape index (κ2) is 7.24. The summed E-state index contributed by atoms with van der Waals surface area (Å²) in [5, 5.41) is 3.40. The number of hydrogen-bond donors (Lipinski definition) is 1. The fraction of sp³-hybridized carbons (Fsp3) is 1.00. The molecule has 0 aliphatic carbocycles. The van der Waals surface area contributed by atoms with Gasteiger partial charge in [-0.3, -0.25) is 0 Å². The summed E-state index contributed by atoms with van der Waals surface area (Å²) < 4.78 is 5.47. The largest absolute Gasteiger partial charge is 0.379 e. The molecule has 0 aromatic carbocycles. The zero-order valence-electron chi connectivity index (χ0n) is 11.4. The fourth-order valence-corrected chi connectivity index (χ4v) is 2.08. The molecule has 0 aromatic heterocycles. The van der Waals surface area contributed by atoms with Crippen molar-refractivity contribution in [2.24, 2.45) is 5.92 Å². The first-order chi connectivity index (χ1) is 6.95. The third-order valence-electron chi connectivity index (χ3n) is 3.17. The van der Waals surface area contributed by atoms with E-state index in [4.69, 9.17) is 4.74 Å². The molecule has 2 unspecified atom stereocenters. The first-order valence-corrected chi connectivity index (χ1v) is 6.17. The highest BCUT2D eigenvalue weighted by Crippen LogP contribution is 2.21. The van der Waals surface area contributed by atoms with Crippen LogP contribution in [0.3, 0.4) is 0 Å². The minimum absolute atomic E-state index is 0.0143. The van der Waals surface area contributed by atoms with Gasteiger partial charge in [-0.2, -0.15) is 0 Å². The van der Waals surface area contributed by atoms with E-state index in [0.29, 0.717) is 6.04 Å². The Labute approximate surface area is 95.8 Å². The maximum atomic E-state index is 5.47. The van der Waals surface area contributed by atoms with Crippen LogP contribution in [0.1, 0.15) is 53.4 Å². The molecule has 2 nitrogen and oxygen atoms in total. The van der Waals surface area contributed by atoms with Crippen molar-refractivity contribution in [1.29, 1.82) is 0 Å². The van der Waals surface area contributed by atoms with Crippen molar-refractivity contribution in [2.45, 2.75) is 65.0 Å². The van der Waals surface area contributed by atoms with Gasteiger partial charge in [0.25, 0.3) is 0 Å². The highest BCUT2D eigenvalue weighted by atomic mass is 16.5. The minimum Gasteiger partial charge on any atom is -0.379 e. The normalized spacial score (nSPS) is 16.4. The summed E-state index contributed by atoms with van der Waals surface area (Å²) in [5.41, 5.74) is -0.0143. The maximum absolute atomic E-state index is 5.47. The molecule has 15 heavy (non-hydrogen) atoms. The molecule has 1 N–H and O–H groups in total. The van der Waals surface area contributed by atoms with Crippen molar-refractivity contribution in [1.82, 2.24) is 5.32 Å². The molecule has 2 heteroatoms. The van der Waals surface area contributed by atoms with E-state index in [0.717, 1.165) is 12.3 Å². The summed E-state index contributed by atoms with van der Waals surface area (Å²) in [6.45, 7) is 8.90. The first-order valence-electron chi connectivity index (χ1n) is 6.17. The summed E-state index contributed by atoms with van der Waals surface area (Å²) in [6, 6.07) is 0.571. The average Bonchev–Trinajstić information content (AvgIpc) is 2.17. The lowest BCUT2D eigenvalue weighted by Crippen LogP contribution is -2.36. The topological polar surface area (TPSA) is 21.3 Å². The minimum atomic E-state index is -0.0143. The number of ether oxygens (including phenoxy) is 1. The molecule has 0 saturated heterocycles. The Morgan fingerprint density at radius 3 is 2.33 bits per heavy atom. The molecule has 0 aromatic rings. The Morgan fingerprint density at radius 1 is 1.33 bits per heavy atom. The van der Waals surface area contributed by atoms with E-state index in [1.54, 1.807) is 7.11 Å². The van der Waals surface area contributed by atoms with E-state index in [2.05, 4.69) is 40.1 Å². The van der Waals surface area contributed by atoms with Gasteiger partial charge in [0.2, 0.25) is 0 Å². The summed E-state index contributed by atoms with van der Waals surface area (Å²) in [7, 11) is 3.84. The standard InChI is InChI=1S/C13H29NO/c1-7-8-11(2)9-12(14-5)10-13(3,4)15-6/h11-12,14H,7-10H2,1-6H3. The highest BCUT2D eigenvalue weighted by molar-refractivity contribution is 4.78. The highest BCUT2D eigenvalue weighted by Gasteiger charge is 2.22. The molecule has 0 rings (SSSR count). The van der Waals surface area contributed by atoms with Crippen LogP contribution in [0.2, 0.25) is 0 Å². The molecule has 0 bridgehead atoms. The zero-order valence-corrected chi connectivity index (χ0v) is 11.4. The third kappa shape index (κ3) is 6.91. The van der Waals surface area contributed by atoms with Gasteiger partial charge in [-0.15, -0.1) is 0 Å². The zero-order chi connectivity index (χ0) is 11.9. The lowest BCUT2D eigenvalue weighted by Gasteiger charge is -2.29. The van der Waals surface area contributed by atoms with Crippen molar-refractivity contribution >= 4 is 0 Å². The second-order valence-electron chi connectivity index (χ2n) is 5.28. The molecular formula is C13H29NO. The second-order valence-corrected chi connectivity index (χ2v) is 5.28. The fourth-order valence-electron chi connectivity index (χ4n) is 2.08. The molecule has 0 radical (unpaired) electrons. The van der Waals surface area contributed by atoms with E-state index >= 15 is 0 Å². The van der Waals surface area contributed by atoms with Crippen molar-refractivity contribution in [3.8, 4) is 0 Å². The van der Waals surface area contributed by atoms with Gasteiger partial charge in [-0.1, -0.05) is 26.7 Å². The van der Waals surface area contributed by atoms with Crippen LogP contribution in [0.15, 0.2) is 0 Å². The Kier molecular flexibility index (Phi) is 7.20. The van der Waals surface area contributed by atoms with Gasteiger partial charge in [0.1, 0.15) is 0 Å². The molecule has 2 atom stereocenters. The van der Waals surface area contributed by atoms with Crippen LogP contribution in [0.25, 0.3) is 0 Å². The van der Waals surface area contributed by atoms with Gasteiger partial charge in [-0.05, 0) is 39.7 Å². The van der Waals surface area contributed by atoms with Gasteiger partial charge < -0.3 is 10.1 Å². The SMILES string of the molecule is CCCC(C)CC(CC(C)(C)OC)NC. The van der Waals surface area contributed by atoms with Gasteiger partial charge in [0.05, 0.1) is 5.60 Å². The van der Waals surface area contributed by atoms with Crippen LogP contribution in [0.4, 0.5) is 0 Å². The molecule has 0 aliphatic rings. The Balaban J connectivity index is 4.02. The quantitative estimate of drug-likeness (QED) is 0.671. The van der Waals surface area contributed by atoms with Crippen LogP contribution < -0.4 is 5.32 Å². The summed E-state index contributed by atoms with van der Waals surface area (Å²) >= 11 is 0.